The molecule has 0 aliphatic carbocycles. The predicted octanol–water partition coefficient (Wildman–Crippen LogP) is 5.85. The van der Waals surface area contributed by atoms with Crippen molar-refractivity contribution in [3.8, 4) is 5.75 Å². The molecule has 0 aromatic heterocycles. The highest BCUT2D eigenvalue weighted by atomic mass is 16.5. The van der Waals surface area contributed by atoms with Gasteiger partial charge in [0.1, 0.15) is 5.75 Å². The summed E-state index contributed by atoms with van der Waals surface area (Å²) in [4.78, 5) is 25.4. The maximum Gasteiger partial charge on any atom is 0.255 e. The Labute approximate surface area is 189 Å². The van der Waals surface area contributed by atoms with Gasteiger partial charge in [0.25, 0.3) is 11.8 Å². The van der Waals surface area contributed by atoms with Crippen molar-refractivity contribution in [2.24, 2.45) is 5.92 Å². The number of amides is 2. The Balaban J connectivity index is 1.63. The average Bonchev–Trinajstić information content (AvgIpc) is 2.79. The van der Waals surface area contributed by atoms with Gasteiger partial charge in [-0.3, -0.25) is 9.59 Å². The monoisotopic (exact) mass is 430 g/mol. The van der Waals surface area contributed by atoms with Gasteiger partial charge in [-0.05, 0) is 61.2 Å². The smallest absolute Gasteiger partial charge is 0.255 e. The van der Waals surface area contributed by atoms with Crippen LogP contribution in [-0.4, -0.2) is 18.4 Å². The van der Waals surface area contributed by atoms with Crippen LogP contribution in [0.15, 0.2) is 78.9 Å². The number of benzene rings is 3. The van der Waals surface area contributed by atoms with Crippen LogP contribution in [0.25, 0.3) is 0 Å². The van der Waals surface area contributed by atoms with E-state index in [0.717, 1.165) is 12.0 Å². The van der Waals surface area contributed by atoms with Gasteiger partial charge in [0.15, 0.2) is 0 Å². The van der Waals surface area contributed by atoms with Gasteiger partial charge >= 0.3 is 0 Å². The van der Waals surface area contributed by atoms with E-state index in [2.05, 4.69) is 24.5 Å². The molecule has 1 unspecified atom stereocenters. The van der Waals surface area contributed by atoms with Crippen LogP contribution < -0.4 is 15.4 Å². The number of rotatable bonds is 9. The second kappa shape index (κ2) is 11.1. The first-order chi connectivity index (χ1) is 15.4. The minimum atomic E-state index is -0.255. The number of anilines is 1. The fourth-order valence-electron chi connectivity index (χ4n) is 3.19. The van der Waals surface area contributed by atoms with Crippen LogP contribution in [0.2, 0.25) is 0 Å². The zero-order chi connectivity index (χ0) is 22.9. The fraction of sp³-hybridized carbons (Fsp3) is 0.259. The van der Waals surface area contributed by atoms with E-state index < -0.39 is 0 Å². The molecule has 5 nitrogen and oxygen atoms in total. The molecule has 2 N–H and O–H groups in total. The molecule has 3 aromatic carbocycles. The number of carbonyl (C=O) groups is 2. The highest BCUT2D eigenvalue weighted by Gasteiger charge is 2.13. The molecular weight excluding hydrogens is 400 g/mol. The summed E-state index contributed by atoms with van der Waals surface area (Å²) >= 11 is 0. The Kier molecular flexibility index (Phi) is 8.03. The Morgan fingerprint density at radius 1 is 0.812 bits per heavy atom. The van der Waals surface area contributed by atoms with E-state index in [1.165, 1.54) is 0 Å². The average molecular weight is 431 g/mol. The number of nitrogens with one attached hydrogen (secondary N) is 2. The van der Waals surface area contributed by atoms with Crippen molar-refractivity contribution < 1.29 is 14.3 Å². The molecule has 0 aliphatic rings. The Morgan fingerprint density at radius 3 is 2.22 bits per heavy atom. The molecule has 32 heavy (non-hydrogen) atoms. The zero-order valence-corrected chi connectivity index (χ0v) is 18.8. The van der Waals surface area contributed by atoms with Crippen molar-refractivity contribution >= 4 is 17.5 Å². The van der Waals surface area contributed by atoms with Gasteiger partial charge in [0.05, 0.1) is 12.6 Å². The van der Waals surface area contributed by atoms with Crippen LogP contribution >= 0.6 is 0 Å². The van der Waals surface area contributed by atoms with Gasteiger partial charge in [-0.15, -0.1) is 0 Å². The third kappa shape index (κ3) is 6.71. The number of ether oxygens (including phenoxy) is 1. The van der Waals surface area contributed by atoms with Crippen LogP contribution in [0.5, 0.6) is 5.75 Å². The van der Waals surface area contributed by atoms with Crippen LogP contribution in [0.4, 0.5) is 5.69 Å². The van der Waals surface area contributed by atoms with E-state index in [1.54, 1.807) is 42.5 Å². The zero-order valence-electron chi connectivity index (χ0n) is 18.8. The van der Waals surface area contributed by atoms with Crippen molar-refractivity contribution in [3.63, 3.8) is 0 Å². The van der Waals surface area contributed by atoms with E-state index in [9.17, 15) is 9.59 Å². The molecule has 0 fully saturated rings. The lowest BCUT2D eigenvalue weighted by Gasteiger charge is -2.15. The molecule has 0 saturated heterocycles. The van der Waals surface area contributed by atoms with Gasteiger partial charge in [0.2, 0.25) is 0 Å². The third-order valence-electron chi connectivity index (χ3n) is 5.09. The molecule has 0 bridgehead atoms. The summed E-state index contributed by atoms with van der Waals surface area (Å²) in [6, 6.07) is 23.7. The first kappa shape index (κ1) is 23.1. The SMILES string of the molecule is CC(C)CCOc1cccc(C(=O)Nc2cccc(C(=O)NC(C)c3ccccc3)c2)c1. The van der Waals surface area contributed by atoms with E-state index in [4.69, 9.17) is 4.74 Å². The first-order valence-corrected chi connectivity index (χ1v) is 10.9. The molecule has 166 valence electrons. The largest absolute Gasteiger partial charge is 0.494 e. The lowest BCUT2D eigenvalue weighted by atomic mass is 10.1. The highest BCUT2D eigenvalue weighted by Crippen LogP contribution is 2.18. The van der Waals surface area contributed by atoms with Gasteiger partial charge < -0.3 is 15.4 Å². The van der Waals surface area contributed by atoms with Gasteiger partial charge in [-0.2, -0.15) is 0 Å². The van der Waals surface area contributed by atoms with Crippen molar-refractivity contribution in [1.82, 2.24) is 5.32 Å². The van der Waals surface area contributed by atoms with E-state index in [0.29, 0.717) is 35.1 Å². The molecule has 0 saturated carbocycles. The van der Waals surface area contributed by atoms with E-state index >= 15 is 0 Å². The second-order valence-electron chi connectivity index (χ2n) is 8.20. The molecule has 2 amide bonds. The van der Waals surface area contributed by atoms with Gasteiger partial charge in [-0.25, -0.2) is 0 Å². The first-order valence-electron chi connectivity index (χ1n) is 10.9. The van der Waals surface area contributed by atoms with Crippen molar-refractivity contribution in [3.05, 3.63) is 95.6 Å². The van der Waals surface area contributed by atoms with E-state index in [-0.39, 0.29) is 17.9 Å². The molecule has 0 radical (unpaired) electrons. The summed E-state index contributed by atoms with van der Waals surface area (Å²) in [5, 5.41) is 5.86. The van der Waals surface area contributed by atoms with Gasteiger partial charge in [-0.1, -0.05) is 56.3 Å². The fourth-order valence-corrected chi connectivity index (χ4v) is 3.19. The Hall–Kier alpha value is -3.60. The van der Waals surface area contributed by atoms with Crippen LogP contribution in [0.3, 0.4) is 0 Å². The van der Waals surface area contributed by atoms with Crippen LogP contribution in [0.1, 0.15) is 59.5 Å². The topological polar surface area (TPSA) is 67.4 Å². The highest BCUT2D eigenvalue weighted by molar-refractivity contribution is 6.05. The Morgan fingerprint density at radius 2 is 1.50 bits per heavy atom. The predicted molar refractivity (Wildman–Crippen MR) is 128 cm³/mol. The summed E-state index contributed by atoms with van der Waals surface area (Å²) in [5.74, 6) is 0.774. The maximum atomic E-state index is 12.7. The minimum Gasteiger partial charge on any atom is -0.494 e. The summed E-state index contributed by atoms with van der Waals surface area (Å²) in [7, 11) is 0. The van der Waals surface area contributed by atoms with E-state index in [1.807, 2.05) is 43.3 Å². The summed E-state index contributed by atoms with van der Waals surface area (Å²) in [6.45, 7) is 6.84. The molecule has 0 heterocycles. The van der Waals surface area contributed by atoms with Crippen LogP contribution in [0, 0.1) is 5.92 Å². The number of carbonyl (C=O) groups excluding carboxylic acids is 2. The van der Waals surface area contributed by atoms with Crippen molar-refractivity contribution in [1.29, 1.82) is 0 Å². The molecule has 5 heteroatoms. The minimum absolute atomic E-state index is 0.125. The summed E-state index contributed by atoms with van der Waals surface area (Å²) in [6.07, 6.45) is 0.953. The molecular formula is C27H30N2O3. The molecule has 1 atom stereocenters. The lowest BCUT2D eigenvalue weighted by molar-refractivity contribution is 0.0938. The van der Waals surface area contributed by atoms with Crippen molar-refractivity contribution in [2.45, 2.75) is 33.2 Å². The quantitative estimate of drug-likeness (QED) is 0.447. The lowest BCUT2D eigenvalue weighted by Crippen LogP contribution is -2.26. The molecule has 0 spiro atoms. The summed E-state index contributed by atoms with van der Waals surface area (Å²) < 4.78 is 5.75. The molecule has 3 rings (SSSR count). The summed E-state index contributed by atoms with van der Waals surface area (Å²) in [5.41, 5.74) is 2.57. The normalized spacial score (nSPS) is 11.6. The standard InChI is InChI=1S/C27H30N2O3/c1-19(2)15-16-32-25-14-8-12-23(18-25)27(31)29-24-13-7-11-22(17-24)26(30)28-20(3)21-9-5-4-6-10-21/h4-14,17-20H,15-16H2,1-3H3,(H,28,30)(H,29,31). The maximum absolute atomic E-state index is 12.7. The van der Waals surface area contributed by atoms with Crippen molar-refractivity contribution in [2.75, 3.05) is 11.9 Å². The third-order valence-corrected chi connectivity index (χ3v) is 5.09. The molecule has 0 aliphatic heterocycles. The number of hydrogen-bond donors (Lipinski definition) is 2. The Bertz CT molecular complexity index is 1050. The second-order valence-corrected chi connectivity index (χ2v) is 8.20. The molecule has 3 aromatic rings. The number of hydrogen-bond acceptors (Lipinski definition) is 3. The van der Waals surface area contributed by atoms with Crippen LogP contribution in [-0.2, 0) is 0 Å². The van der Waals surface area contributed by atoms with Gasteiger partial charge in [0, 0.05) is 16.8 Å².